The molecule has 1 aliphatic heterocycles. The summed E-state index contributed by atoms with van der Waals surface area (Å²) in [5.41, 5.74) is 7.51. The molecule has 0 saturated carbocycles. The molecule has 0 spiro atoms. The van der Waals surface area contributed by atoms with E-state index >= 15 is 0 Å². The van der Waals surface area contributed by atoms with Crippen LogP contribution in [0, 0.1) is 0 Å². The zero-order chi connectivity index (χ0) is 14.0. The van der Waals surface area contributed by atoms with E-state index in [0.29, 0.717) is 18.8 Å². The second kappa shape index (κ2) is 5.68. The maximum absolute atomic E-state index is 11.4. The van der Waals surface area contributed by atoms with Gasteiger partial charge in [0.1, 0.15) is 0 Å². The Kier molecular flexibility index (Phi) is 4.37. The first-order valence-corrected chi connectivity index (χ1v) is 8.77. The first kappa shape index (κ1) is 14.6. The van der Waals surface area contributed by atoms with Gasteiger partial charge in [0.15, 0.2) is 0 Å². The summed E-state index contributed by atoms with van der Waals surface area (Å²) in [6, 6.07) is 5.94. The number of nitrogens with zero attached hydrogens (tertiary/aromatic N) is 1. The largest absolute Gasteiger partial charge is 0.397 e. The summed E-state index contributed by atoms with van der Waals surface area (Å²) < 4.78 is 25.4. The van der Waals surface area contributed by atoms with Crippen molar-refractivity contribution in [2.75, 3.05) is 30.4 Å². The highest BCUT2D eigenvalue weighted by molar-refractivity contribution is 9.10. The lowest BCUT2D eigenvalue weighted by Crippen LogP contribution is -2.41. The first-order chi connectivity index (χ1) is 8.86. The Morgan fingerprint density at radius 2 is 2.00 bits per heavy atom. The molecule has 3 N–H and O–H groups in total. The highest BCUT2D eigenvalue weighted by atomic mass is 79.9. The van der Waals surface area contributed by atoms with Crippen LogP contribution in [0.1, 0.15) is 12.8 Å². The molecule has 1 fully saturated rings. The minimum absolute atomic E-state index is 0.259. The van der Waals surface area contributed by atoms with Crippen LogP contribution in [0.3, 0.4) is 0 Å². The summed E-state index contributed by atoms with van der Waals surface area (Å²) in [6.07, 6.45) is 2.84. The zero-order valence-electron chi connectivity index (χ0n) is 10.8. The molecule has 0 radical (unpaired) electrons. The number of sulfonamides is 1. The van der Waals surface area contributed by atoms with Crippen molar-refractivity contribution in [3.63, 3.8) is 0 Å². The lowest BCUT2D eigenvalue weighted by atomic mass is 10.1. The van der Waals surface area contributed by atoms with Gasteiger partial charge in [-0.1, -0.05) is 15.9 Å². The number of rotatable bonds is 3. The van der Waals surface area contributed by atoms with E-state index in [-0.39, 0.29) is 6.04 Å². The highest BCUT2D eigenvalue weighted by Crippen LogP contribution is 2.26. The molecule has 7 heteroatoms. The van der Waals surface area contributed by atoms with Crippen molar-refractivity contribution in [3.05, 3.63) is 22.7 Å². The molecule has 0 aromatic heterocycles. The molecule has 0 unspecified atom stereocenters. The maximum Gasteiger partial charge on any atom is 0.211 e. The predicted molar refractivity (Wildman–Crippen MR) is 81.6 cm³/mol. The van der Waals surface area contributed by atoms with Crippen molar-refractivity contribution >= 4 is 37.3 Å². The Balaban J connectivity index is 1.98. The van der Waals surface area contributed by atoms with Gasteiger partial charge in [0.05, 0.1) is 17.6 Å². The number of halogens is 1. The normalized spacial score (nSPS) is 18.4. The van der Waals surface area contributed by atoms with Crippen molar-refractivity contribution < 1.29 is 8.42 Å². The van der Waals surface area contributed by atoms with Crippen molar-refractivity contribution in [2.24, 2.45) is 0 Å². The van der Waals surface area contributed by atoms with E-state index in [1.807, 2.05) is 18.2 Å². The quantitative estimate of drug-likeness (QED) is 0.818. The lowest BCUT2D eigenvalue weighted by Gasteiger charge is -2.31. The van der Waals surface area contributed by atoms with E-state index < -0.39 is 10.0 Å². The smallest absolute Gasteiger partial charge is 0.211 e. The van der Waals surface area contributed by atoms with Gasteiger partial charge in [0, 0.05) is 23.6 Å². The average molecular weight is 348 g/mol. The monoisotopic (exact) mass is 347 g/mol. The molecule has 2 rings (SSSR count). The number of benzene rings is 1. The summed E-state index contributed by atoms with van der Waals surface area (Å²) >= 11 is 3.41. The molecule has 0 bridgehead atoms. The Bertz CT molecular complexity index is 554. The summed E-state index contributed by atoms with van der Waals surface area (Å²) in [5, 5.41) is 3.39. The zero-order valence-corrected chi connectivity index (χ0v) is 13.2. The number of anilines is 2. The second-order valence-corrected chi connectivity index (χ2v) is 7.71. The third kappa shape index (κ3) is 3.84. The number of nitrogens with one attached hydrogen (secondary N) is 1. The molecule has 106 valence electrons. The number of hydrogen-bond donors (Lipinski definition) is 2. The molecular formula is C12H18BrN3O2S. The number of nitrogen functional groups attached to an aromatic ring is 1. The van der Waals surface area contributed by atoms with Crippen LogP contribution in [0.2, 0.25) is 0 Å². The van der Waals surface area contributed by atoms with Crippen molar-refractivity contribution in [2.45, 2.75) is 18.9 Å². The minimum atomic E-state index is -3.06. The van der Waals surface area contributed by atoms with Gasteiger partial charge in [-0.25, -0.2) is 12.7 Å². The van der Waals surface area contributed by atoms with Crippen LogP contribution < -0.4 is 11.1 Å². The lowest BCUT2D eigenvalue weighted by molar-refractivity contribution is 0.332. The van der Waals surface area contributed by atoms with Gasteiger partial charge in [-0.15, -0.1) is 0 Å². The van der Waals surface area contributed by atoms with Gasteiger partial charge in [-0.05, 0) is 31.0 Å². The summed E-state index contributed by atoms with van der Waals surface area (Å²) in [6.45, 7) is 1.12. The van der Waals surface area contributed by atoms with Crippen LogP contribution in [0.5, 0.6) is 0 Å². The third-order valence-electron chi connectivity index (χ3n) is 3.30. The molecule has 1 aromatic carbocycles. The van der Waals surface area contributed by atoms with Gasteiger partial charge < -0.3 is 11.1 Å². The Morgan fingerprint density at radius 1 is 1.37 bits per heavy atom. The van der Waals surface area contributed by atoms with Crippen molar-refractivity contribution in [1.29, 1.82) is 0 Å². The summed E-state index contributed by atoms with van der Waals surface area (Å²) in [7, 11) is -3.06. The molecule has 0 amide bonds. The van der Waals surface area contributed by atoms with Gasteiger partial charge in [0.25, 0.3) is 0 Å². The molecular weight excluding hydrogens is 330 g/mol. The second-order valence-electron chi connectivity index (χ2n) is 4.81. The molecule has 1 aliphatic rings. The SMILES string of the molecule is CS(=O)(=O)N1CCC(Nc2cc(Br)ccc2N)CC1. The van der Waals surface area contributed by atoms with Crippen LogP contribution in [0.4, 0.5) is 11.4 Å². The fourth-order valence-corrected chi connectivity index (χ4v) is 3.44. The summed E-state index contributed by atoms with van der Waals surface area (Å²) in [4.78, 5) is 0. The van der Waals surface area contributed by atoms with Crippen LogP contribution in [0.15, 0.2) is 22.7 Å². The molecule has 0 aliphatic carbocycles. The van der Waals surface area contributed by atoms with E-state index in [0.717, 1.165) is 23.0 Å². The number of nitrogens with two attached hydrogens (primary N) is 1. The minimum Gasteiger partial charge on any atom is -0.397 e. The molecule has 1 saturated heterocycles. The fraction of sp³-hybridized carbons (Fsp3) is 0.500. The maximum atomic E-state index is 11.4. The van der Waals surface area contributed by atoms with Crippen LogP contribution in [-0.2, 0) is 10.0 Å². The van der Waals surface area contributed by atoms with Crippen molar-refractivity contribution in [1.82, 2.24) is 4.31 Å². The number of piperidine rings is 1. The van der Waals surface area contributed by atoms with E-state index in [2.05, 4.69) is 21.2 Å². The van der Waals surface area contributed by atoms with E-state index in [1.54, 1.807) is 0 Å². The van der Waals surface area contributed by atoms with Crippen LogP contribution in [0.25, 0.3) is 0 Å². The predicted octanol–water partition coefficient (Wildman–Crippen LogP) is 1.87. The standard InChI is InChI=1S/C12H18BrN3O2S/c1-19(17,18)16-6-4-10(5-7-16)15-12-8-9(13)2-3-11(12)14/h2-3,8,10,15H,4-7,14H2,1H3. The van der Waals surface area contributed by atoms with E-state index in [9.17, 15) is 8.42 Å². The van der Waals surface area contributed by atoms with Crippen molar-refractivity contribution in [3.8, 4) is 0 Å². The average Bonchev–Trinajstić information content (AvgIpc) is 2.33. The highest BCUT2D eigenvalue weighted by Gasteiger charge is 2.24. The van der Waals surface area contributed by atoms with Gasteiger partial charge in [-0.2, -0.15) is 0 Å². The molecule has 1 heterocycles. The van der Waals surface area contributed by atoms with Crippen LogP contribution >= 0.6 is 15.9 Å². The van der Waals surface area contributed by atoms with Gasteiger partial charge in [0.2, 0.25) is 10.0 Å². The topological polar surface area (TPSA) is 75.4 Å². The Labute approximate surface area is 122 Å². The van der Waals surface area contributed by atoms with Gasteiger partial charge >= 0.3 is 0 Å². The Morgan fingerprint density at radius 3 is 2.58 bits per heavy atom. The van der Waals surface area contributed by atoms with Gasteiger partial charge in [-0.3, -0.25) is 0 Å². The first-order valence-electron chi connectivity index (χ1n) is 6.13. The Hall–Kier alpha value is -0.790. The number of hydrogen-bond acceptors (Lipinski definition) is 4. The molecule has 0 atom stereocenters. The third-order valence-corrected chi connectivity index (χ3v) is 5.09. The molecule has 19 heavy (non-hydrogen) atoms. The fourth-order valence-electron chi connectivity index (χ4n) is 2.21. The summed E-state index contributed by atoms with van der Waals surface area (Å²) in [5.74, 6) is 0. The van der Waals surface area contributed by atoms with Crippen LogP contribution in [-0.4, -0.2) is 38.1 Å². The molecule has 1 aromatic rings. The molecule has 5 nitrogen and oxygen atoms in total. The van der Waals surface area contributed by atoms with E-state index in [4.69, 9.17) is 5.73 Å². The van der Waals surface area contributed by atoms with E-state index in [1.165, 1.54) is 10.6 Å².